The number of fused-ring (bicyclic) bond motifs is 1. The monoisotopic (exact) mass is 459 g/mol. The van der Waals surface area contributed by atoms with Crippen molar-refractivity contribution in [1.82, 2.24) is 4.90 Å². The van der Waals surface area contributed by atoms with Gasteiger partial charge in [-0.05, 0) is 39.0 Å². The molecular formula is C28H29NO5. The molecule has 34 heavy (non-hydrogen) atoms. The molecule has 0 unspecified atom stereocenters. The summed E-state index contributed by atoms with van der Waals surface area (Å²) in [6, 6.07) is 22.1. The Morgan fingerprint density at radius 3 is 2.32 bits per heavy atom. The van der Waals surface area contributed by atoms with Gasteiger partial charge in [-0.25, -0.2) is 0 Å². The maximum absolute atomic E-state index is 13.0. The molecule has 0 radical (unpaired) electrons. The average molecular weight is 460 g/mol. The minimum absolute atomic E-state index is 0.0787. The first-order chi connectivity index (χ1) is 16.5. The Morgan fingerprint density at radius 2 is 1.62 bits per heavy atom. The highest BCUT2D eigenvalue weighted by Gasteiger charge is 2.21. The molecule has 0 spiro atoms. The van der Waals surface area contributed by atoms with E-state index in [-0.39, 0.29) is 34.5 Å². The molecule has 0 atom stereocenters. The quantitative estimate of drug-likeness (QED) is 0.317. The lowest BCUT2D eigenvalue weighted by atomic mass is 10.1. The van der Waals surface area contributed by atoms with Crippen LogP contribution in [0.2, 0.25) is 0 Å². The summed E-state index contributed by atoms with van der Waals surface area (Å²) in [6.45, 7) is 1.61. The van der Waals surface area contributed by atoms with Crippen LogP contribution in [0.15, 0.2) is 82.0 Å². The molecule has 0 aliphatic rings. The number of unbranched alkanes of at least 4 members (excludes halogenated alkanes) is 1. The molecule has 0 fully saturated rings. The second kappa shape index (κ2) is 10.9. The van der Waals surface area contributed by atoms with Crippen molar-refractivity contribution in [2.45, 2.75) is 19.4 Å². The van der Waals surface area contributed by atoms with Crippen molar-refractivity contribution >= 4 is 11.0 Å². The van der Waals surface area contributed by atoms with E-state index in [0.717, 1.165) is 30.5 Å². The summed E-state index contributed by atoms with van der Waals surface area (Å²) in [5.74, 6) is 0.647. The van der Waals surface area contributed by atoms with E-state index >= 15 is 0 Å². The van der Waals surface area contributed by atoms with Crippen LogP contribution in [0, 0.1) is 0 Å². The summed E-state index contributed by atoms with van der Waals surface area (Å²) >= 11 is 0. The van der Waals surface area contributed by atoms with Crippen LogP contribution in [0.5, 0.6) is 17.2 Å². The van der Waals surface area contributed by atoms with Crippen LogP contribution >= 0.6 is 0 Å². The fraction of sp³-hybridized carbons (Fsp3) is 0.250. The Morgan fingerprint density at radius 1 is 0.912 bits per heavy atom. The number of ether oxygens (including phenoxy) is 2. The molecule has 4 aromatic rings. The Labute approximate surface area is 199 Å². The summed E-state index contributed by atoms with van der Waals surface area (Å²) in [4.78, 5) is 15.1. The Hall–Kier alpha value is -3.77. The highest BCUT2D eigenvalue weighted by atomic mass is 16.5. The van der Waals surface area contributed by atoms with E-state index in [1.807, 2.05) is 74.8 Å². The highest BCUT2D eigenvalue weighted by molar-refractivity contribution is 5.89. The molecule has 0 amide bonds. The molecule has 1 N–H and O–H groups in total. The van der Waals surface area contributed by atoms with Crippen molar-refractivity contribution in [3.05, 3.63) is 88.6 Å². The smallest absolute Gasteiger partial charge is 0.204 e. The van der Waals surface area contributed by atoms with Crippen LogP contribution in [0.1, 0.15) is 18.4 Å². The lowest BCUT2D eigenvalue weighted by molar-refractivity contribution is 0.245. The van der Waals surface area contributed by atoms with Crippen molar-refractivity contribution in [2.75, 3.05) is 27.2 Å². The van der Waals surface area contributed by atoms with Gasteiger partial charge in [-0.15, -0.1) is 0 Å². The topological polar surface area (TPSA) is 72.1 Å². The molecule has 0 saturated heterocycles. The lowest BCUT2D eigenvalue weighted by Crippen LogP contribution is -2.14. The maximum Gasteiger partial charge on any atom is 0.204 e. The van der Waals surface area contributed by atoms with Gasteiger partial charge in [-0.2, -0.15) is 0 Å². The van der Waals surface area contributed by atoms with E-state index in [9.17, 15) is 9.90 Å². The second-order valence-corrected chi connectivity index (χ2v) is 8.40. The van der Waals surface area contributed by atoms with E-state index < -0.39 is 0 Å². The number of benzene rings is 3. The van der Waals surface area contributed by atoms with Gasteiger partial charge in [0.15, 0.2) is 16.9 Å². The van der Waals surface area contributed by atoms with Crippen LogP contribution in [-0.4, -0.2) is 37.3 Å². The van der Waals surface area contributed by atoms with E-state index in [1.54, 1.807) is 6.07 Å². The van der Waals surface area contributed by atoms with Gasteiger partial charge in [-0.1, -0.05) is 60.7 Å². The molecule has 3 aromatic carbocycles. The average Bonchev–Trinajstić information content (AvgIpc) is 2.84. The van der Waals surface area contributed by atoms with Gasteiger partial charge < -0.3 is 23.9 Å². The molecule has 0 aliphatic carbocycles. The molecule has 1 heterocycles. The zero-order valence-corrected chi connectivity index (χ0v) is 19.5. The van der Waals surface area contributed by atoms with Gasteiger partial charge in [0.05, 0.1) is 6.61 Å². The van der Waals surface area contributed by atoms with Gasteiger partial charge in [-0.3, -0.25) is 4.79 Å². The van der Waals surface area contributed by atoms with Gasteiger partial charge in [0.1, 0.15) is 23.3 Å². The fourth-order valence-electron chi connectivity index (χ4n) is 3.69. The summed E-state index contributed by atoms with van der Waals surface area (Å²) in [7, 11) is 4.04. The third-order valence-electron chi connectivity index (χ3n) is 5.45. The number of rotatable bonds is 10. The molecule has 0 bridgehead atoms. The SMILES string of the molecule is CN(C)CCCCOc1c(OCc2ccccc2)cc2oc(-c3ccccc3)cc(=O)c2c1O. The van der Waals surface area contributed by atoms with Gasteiger partial charge >= 0.3 is 0 Å². The molecule has 6 nitrogen and oxygen atoms in total. The van der Waals surface area contributed by atoms with Gasteiger partial charge in [0, 0.05) is 17.7 Å². The number of hydrogen-bond donors (Lipinski definition) is 1. The largest absolute Gasteiger partial charge is 0.504 e. The first-order valence-electron chi connectivity index (χ1n) is 11.4. The van der Waals surface area contributed by atoms with Gasteiger partial charge in [0.25, 0.3) is 0 Å². The summed E-state index contributed by atoms with van der Waals surface area (Å²) in [6.07, 6.45) is 1.75. The van der Waals surface area contributed by atoms with E-state index in [1.165, 1.54) is 6.07 Å². The molecule has 4 rings (SSSR count). The first-order valence-corrected chi connectivity index (χ1v) is 11.4. The lowest BCUT2D eigenvalue weighted by Gasteiger charge is -2.16. The third-order valence-corrected chi connectivity index (χ3v) is 5.45. The van der Waals surface area contributed by atoms with Crippen LogP contribution in [-0.2, 0) is 6.61 Å². The molecule has 6 heteroatoms. The fourth-order valence-corrected chi connectivity index (χ4v) is 3.69. The van der Waals surface area contributed by atoms with Crippen LogP contribution in [0.4, 0.5) is 0 Å². The van der Waals surface area contributed by atoms with Gasteiger partial charge in [0.2, 0.25) is 5.75 Å². The number of hydrogen-bond acceptors (Lipinski definition) is 6. The molecule has 0 aliphatic heterocycles. The minimum Gasteiger partial charge on any atom is -0.504 e. The van der Waals surface area contributed by atoms with Crippen molar-refractivity contribution in [1.29, 1.82) is 0 Å². The van der Waals surface area contributed by atoms with Crippen molar-refractivity contribution in [3.63, 3.8) is 0 Å². The summed E-state index contributed by atoms with van der Waals surface area (Å²) in [5.41, 5.74) is 1.64. The van der Waals surface area contributed by atoms with Crippen molar-refractivity contribution in [2.24, 2.45) is 0 Å². The number of nitrogens with zero attached hydrogens (tertiary/aromatic N) is 1. The Kier molecular flexibility index (Phi) is 7.50. The minimum atomic E-state index is -0.343. The maximum atomic E-state index is 13.0. The second-order valence-electron chi connectivity index (χ2n) is 8.40. The van der Waals surface area contributed by atoms with Crippen molar-refractivity contribution in [3.8, 4) is 28.6 Å². The highest BCUT2D eigenvalue weighted by Crippen LogP contribution is 2.43. The van der Waals surface area contributed by atoms with Crippen LogP contribution < -0.4 is 14.9 Å². The standard InChI is InChI=1S/C28H29NO5/c1-29(2)15-9-10-16-32-28-25(33-19-20-11-5-3-6-12-20)18-24-26(27(28)31)22(30)17-23(34-24)21-13-7-4-8-14-21/h3-8,11-14,17-18,31H,9-10,15-16,19H2,1-2H3. The summed E-state index contributed by atoms with van der Waals surface area (Å²) < 4.78 is 18.0. The first kappa shape index (κ1) is 23.4. The number of aromatic hydroxyl groups is 1. The van der Waals surface area contributed by atoms with Crippen LogP contribution in [0.3, 0.4) is 0 Å². The molecule has 1 aromatic heterocycles. The third kappa shape index (κ3) is 5.58. The predicted octanol–water partition coefficient (Wildman–Crippen LogP) is 5.47. The zero-order chi connectivity index (χ0) is 23.9. The Balaban J connectivity index is 1.70. The Bertz CT molecular complexity index is 1280. The van der Waals surface area contributed by atoms with Crippen molar-refractivity contribution < 1.29 is 19.0 Å². The predicted molar refractivity (Wildman–Crippen MR) is 134 cm³/mol. The van der Waals surface area contributed by atoms with E-state index in [4.69, 9.17) is 13.9 Å². The number of phenols is 1. The normalized spacial score (nSPS) is 11.1. The zero-order valence-electron chi connectivity index (χ0n) is 19.5. The van der Waals surface area contributed by atoms with E-state index in [0.29, 0.717) is 18.1 Å². The van der Waals surface area contributed by atoms with Crippen LogP contribution in [0.25, 0.3) is 22.3 Å². The summed E-state index contributed by atoms with van der Waals surface area (Å²) in [5, 5.41) is 11.1. The number of phenolic OH excluding ortho intramolecular Hbond substituents is 1. The van der Waals surface area contributed by atoms with E-state index in [2.05, 4.69) is 4.90 Å². The molecular weight excluding hydrogens is 430 g/mol. The molecule has 176 valence electrons. The molecule has 0 saturated carbocycles.